The van der Waals surface area contributed by atoms with E-state index in [1.807, 2.05) is 60.4 Å². The lowest BCUT2D eigenvalue weighted by Gasteiger charge is -2.35. The van der Waals surface area contributed by atoms with Gasteiger partial charge < -0.3 is 9.47 Å². The van der Waals surface area contributed by atoms with Gasteiger partial charge in [0, 0.05) is 30.2 Å². The minimum absolute atomic E-state index is 0.0432. The summed E-state index contributed by atoms with van der Waals surface area (Å²) in [5, 5.41) is 0.669. The molecule has 2 atom stereocenters. The Morgan fingerprint density at radius 1 is 1.00 bits per heavy atom. The molecule has 2 heterocycles. The lowest BCUT2D eigenvalue weighted by atomic mass is 9.92. The van der Waals surface area contributed by atoms with Gasteiger partial charge in [0.2, 0.25) is 5.91 Å². The van der Waals surface area contributed by atoms with Gasteiger partial charge in [-0.05, 0) is 36.8 Å². The summed E-state index contributed by atoms with van der Waals surface area (Å²) >= 11 is 0. The van der Waals surface area contributed by atoms with E-state index in [0.29, 0.717) is 17.2 Å². The number of nitrogens with zero attached hydrogens (tertiary/aromatic N) is 2. The van der Waals surface area contributed by atoms with E-state index in [0.717, 1.165) is 36.2 Å². The van der Waals surface area contributed by atoms with Crippen molar-refractivity contribution in [2.45, 2.75) is 44.4 Å². The minimum Gasteiger partial charge on any atom is -0.341 e. The summed E-state index contributed by atoms with van der Waals surface area (Å²) in [6.07, 6.45) is 2.78. The largest absolute Gasteiger partial charge is 0.341 e. The van der Waals surface area contributed by atoms with E-state index >= 15 is 0 Å². The summed E-state index contributed by atoms with van der Waals surface area (Å²) in [4.78, 5) is 15.3. The van der Waals surface area contributed by atoms with Gasteiger partial charge in [-0.25, -0.2) is 8.42 Å². The molecule has 1 aliphatic heterocycles. The second kappa shape index (κ2) is 8.50. The second-order valence-electron chi connectivity index (χ2n) is 9.13. The number of amides is 1. The molecular formula is C25H30N2O3S. The lowest BCUT2D eigenvalue weighted by Crippen LogP contribution is -2.43. The molecule has 2 aromatic carbocycles. The number of aromatic nitrogens is 1. The number of piperidine rings is 1. The van der Waals surface area contributed by atoms with Gasteiger partial charge in [-0.2, -0.15) is 0 Å². The molecule has 0 bridgehead atoms. The zero-order valence-electron chi connectivity index (χ0n) is 18.4. The van der Waals surface area contributed by atoms with Crippen LogP contribution in [0.5, 0.6) is 0 Å². The lowest BCUT2D eigenvalue weighted by molar-refractivity contribution is -0.134. The van der Waals surface area contributed by atoms with Crippen LogP contribution in [0.1, 0.15) is 31.4 Å². The van der Waals surface area contributed by atoms with Gasteiger partial charge in [0.15, 0.2) is 9.84 Å². The van der Waals surface area contributed by atoms with Crippen LogP contribution in [0.3, 0.4) is 0 Å². The van der Waals surface area contributed by atoms with Crippen LogP contribution < -0.4 is 0 Å². The fourth-order valence-electron chi connectivity index (χ4n) is 4.69. The molecule has 31 heavy (non-hydrogen) atoms. The van der Waals surface area contributed by atoms with Crippen molar-refractivity contribution in [3.63, 3.8) is 0 Å². The van der Waals surface area contributed by atoms with Crippen molar-refractivity contribution in [1.29, 1.82) is 0 Å². The second-order valence-corrected chi connectivity index (χ2v) is 11.1. The van der Waals surface area contributed by atoms with Crippen LogP contribution in [0.2, 0.25) is 0 Å². The van der Waals surface area contributed by atoms with Gasteiger partial charge in [-0.15, -0.1) is 0 Å². The topological polar surface area (TPSA) is 59.4 Å². The Kier molecular flexibility index (Phi) is 5.93. The summed E-state index contributed by atoms with van der Waals surface area (Å²) in [6.45, 7) is 8.02. The quantitative estimate of drug-likeness (QED) is 0.592. The van der Waals surface area contributed by atoms with E-state index in [9.17, 15) is 13.2 Å². The van der Waals surface area contributed by atoms with E-state index in [-0.39, 0.29) is 23.1 Å². The highest BCUT2D eigenvalue weighted by molar-refractivity contribution is 7.90. The third-order valence-corrected chi connectivity index (χ3v) is 7.80. The number of carbonyl (C=O) groups is 1. The first kappa shape index (κ1) is 21.6. The molecule has 0 radical (unpaired) electrons. The normalized spacial score (nSPS) is 19.6. The highest BCUT2D eigenvalue weighted by Gasteiger charge is 2.27. The number of sulfone groups is 1. The zero-order valence-corrected chi connectivity index (χ0v) is 19.2. The van der Waals surface area contributed by atoms with E-state index in [2.05, 4.69) is 13.8 Å². The number of benzene rings is 2. The number of likely N-dealkylation sites (tertiary alicyclic amines) is 1. The van der Waals surface area contributed by atoms with Crippen LogP contribution >= 0.6 is 0 Å². The monoisotopic (exact) mass is 438 g/mol. The molecule has 3 aromatic rings. The smallest absolute Gasteiger partial charge is 0.242 e. The summed E-state index contributed by atoms with van der Waals surface area (Å²) in [5.74, 6) is 0.955. The molecule has 0 N–H and O–H groups in total. The van der Waals surface area contributed by atoms with Crippen LogP contribution in [0.15, 0.2) is 59.6 Å². The molecule has 5 nitrogen and oxygen atoms in total. The summed E-state index contributed by atoms with van der Waals surface area (Å²) in [7, 11) is -3.56. The molecule has 1 aliphatic rings. The number of para-hydroxylation sites is 1. The first-order chi connectivity index (χ1) is 14.7. The maximum absolute atomic E-state index is 13.3. The average molecular weight is 439 g/mol. The first-order valence-corrected chi connectivity index (χ1v) is 12.5. The average Bonchev–Trinajstić information content (AvgIpc) is 3.08. The molecule has 1 aromatic heterocycles. The molecule has 0 saturated carbocycles. The van der Waals surface area contributed by atoms with Gasteiger partial charge >= 0.3 is 0 Å². The minimum atomic E-state index is -3.56. The van der Waals surface area contributed by atoms with Crippen LogP contribution in [0.4, 0.5) is 0 Å². The highest BCUT2D eigenvalue weighted by atomic mass is 32.2. The molecule has 4 rings (SSSR count). The van der Waals surface area contributed by atoms with Crippen molar-refractivity contribution in [2.24, 2.45) is 11.8 Å². The fraction of sp³-hybridized carbons (Fsp3) is 0.400. The Labute approximate surface area is 184 Å². The summed E-state index contributed by atoms with van der Waals surface area (Å²) in [6, 6.07) is 15.0. The predicted octanol–water partition coefficient (Wildman–Crippen LogP) is 4.43. The third-order valence-electron chi connectivity index (χ3n) is 6.09. The number of aryl methyl sites for hydroxylation is 1. The van der Waals surface area contributed by atoms with E-state index < -0.39 is 9.84 Å². The third kappa shape index (κ3) is 4.69. The predicted molar refractivity (Wildman–Crippen MR) is 124 cm³/mol. The zero-order chi connectivity index (χ0) is 22.2. The van der Waals surface area contributed by atoms with Crippen molar-refractivity contribution in [2.75, 3.05) is 13.1 Å². The number of hydrogen-bond donors (Lipinski definition) is 0. The van der Waals surface area contributed by atoms with Crippen LogP contribution in [0, 0.1) is 18.8 Å². The molecule has 1 amide bonds. The van der Waals surface area contributed by atoms with E-state index in [4.69, 9.17) is 0 Å². The molecule has 6 heteroatoms. The van der Waals surface area contributed by atoms with Gasteiger partial charge in [0.25, 0.3) is 0 Å². The Morgan fingerprint density at radius 2 is 1.65 bits per heavy atom. The Balaban J connectivity index is 1.64. The van der Waals surface area contributed by atoms with Gasteiger partial charge in [-0.3, -0.25) is 4.79 Å². The maximum Gasteiger partial charge on any atom is 0.242 e. The molecule has 164 valence electrons. The molecule has 0 spiro atoms. The van der Waals surface area contributed by atoms with Gasteiger partial charge in [-0.1, -0.05) is 61.9 Å². The van der Waals surface area contributed by atoms with Gasteiger partial charge in [0.05, 0.1) is 10.6 Å². The molecule has 1 fully saturated rings. The van der Waals surface area contributed by atoms with Crippen molar-refractivity contribution < 1.29 is 13.2 Å². The maximum atomic E-state index is 13.3. The first-order valence-electron chi connectivity index (χ1n) is 10.9. The molecule has 2 unspecified atom stereocenters. The number of rotatable bonds is 5. The highest BCUT2D eigenvalue weighted by Crippen LogP contribution is 2.29. The van der Waals surface area contributed by atoms with E-state index in [1.54, 1.807) is 10.8 Å². The number of carbonyl (C=O) groups excluding carboxylic acids is 1. The van der Waals surface area contributed by atoms with Crippen molar-refractivity contribution in [3.8, 4) is 0 Å². The van der Waals surface area contributed by atoms with E-state index in [1.165, 1.54) is 0 Å². The Hall–Kier alpha value is -2.60. The van der Waals surface area contributed by atoms with Crippen molar-refractivity contribution in [3.05, 3.63) is 65.9 Å². The Bertz CT molecular complexity index is 1190. The van der Waals surface area contributed by atoms with Crippen LogP contribution in [-0.2, 0) is 26.9 Å². The number of hydrogen-bond acceptors (Lipinski definition) is 3. The summed E-state index contributed by atoms with van der Waals surface area (Å²) in [5.41, 5.74) is 2.63. The molecule has 0 aliphatic carbocycles. The van der Waals surface area contributed by atoms with Crippen molar-refractivity contribution >= 4 is 26.6 Å². The van der Waals surface area contributed by atoms with Gasteiger partial charge in [0.1, 0.15) is 6.54 Å². The van der Waals surface area contributed by atoms with Crippen molar-refractivity contribution in [1.82, 2.24) is 9.47 Å². The number of fused-ring (bicyclic) bond motifs is 1. The SMILES string of the molecule is Cc1ccc(CS(=O)(=O)c2cn(CC(=O)N3CC(C)CC(C)C3)c3ccccc23)cc1. The van der Waals surface area contributed by atoms with Crippen LogP contribution in [0.25, 0.3) is 10.9 Å². The molecule has 1 saturated heterocycles. The standard InChI is InChI=1S/C25H30N2O3S/c1-18-8-10-21(11-9-18)17-31(29,30)24-15-26(23-7-5-4-6-22(23)24)16-25(28)27-13-19(2)12-20(3)14-27/h4-11,15,19-20H,12-14,16-17H2,1-3H3. The van der Waals surface area contributed by atoms with Crippen LogP contribution in [-0.4, -0.2) is 36.9 Å². The Morgan fingerprint density at radius 3 is 2.32 bits per heavy atom. The molecular weight excluding hydrogens is 408 g/mol. The fourth-order valence-corrected chi connectivity index (χ4v) is 6.27. The summed E-state index contributed by atoms with van der Waals surface area (Å²) < 4.78 is 28.4.